The summed E-state index contributed by atoms with van der Waals surface area (Å²) in [6.07, 6.45) is 3.05. The van der Waals surface area contributed by atoms with Gasteiger partial charge in [-0.3, -0.25) is 9.59 Å². The molecule has 0 radical (unpaired) electrons. The Hall–Kier alpha value is -4.48. The molecule has 4 aromatic rings. The summed E-state index contributed by atoms with van der Waals surface area (Å²) >= 11 is 6.22. The maximum absolute atomic E-state index is 13.0. The average molecular weight is 623 g/mol. The van der Waals surface area contributed by atoms with Crippen LogP contribution in [0, 0.1) is 0 Å². The molecule has 1 saturated heterocycles. The van der Waals surface area contributed by atoms with E-state index in [-0.39, 0.29) is 21.8 Å². The van der Waals surface area contributed by atoms with Crippen LogP contribution in [0.5, 0.6) is 0 Å². The quantitative estimate of drug-likeness (QED) is 0.170. The van der Waals surface area contributed by atoms with Crippen molar-refractivity contribution in [2.45, 2.75) is 31.9 Å². The highest BCUT2D eigenvalue weighted by atomic mass is 35.5. The largest absolute Gasteiger partial charge is 0.416 e. The van der Waals surface area contributed by atoms with E-state index in [1.54, 1.807) is 0 Å². The maximum atomic E-state index is 13.0. The molecule has 8 nitrogen and oxygen atoms in total. The molecule has 1 fully saturated rings. The SMILES string of the molecule is O=C(Nc1ccc(Cl)c(C(=O)Nc2cnc(Nc3ccc(CCCN4CCCC4)cc3)nc2)c1)c1cccc(C(F)(F)F)c1. The first-order valence-electron chi connectivity index (χ1n) is 14.1. The molecule has 12 heteroatoms. The molecule has 1 aliphatic heterocycles. The summed E-state index contributed by atoms with van der Waals surface area (Å²) in [5, 5.41) is 8.40. The number of aryl methyl sites for hydroxylation is 1. The lowest BCUT2D eigenvalue weighted by atomic mass is 10.1. The highest BCUT2D eigenvalue weighted by Crippen LogP contribution is 2.30. The monoisotopic (exact) mass is 622 g/mol. The predicted molar refractivity (Wildman–Crippen MR) is 165 cm³/mol. The van der Waals surface area contributed by atoms with Gasteiger partial charge >= 0.3 is 6.18 Å². The normalized spacial score (nSPS) is 13.5. The summed E-state index contributed by atoms with van der Waals surface area (Å²) in [6, 6.07) is 16.3. The number of nitrogens with zero attached hydrogens (tertiary/aromatic N) is 3. The van der Waals surface area contributed by atoms with Gasteiger partial charge in [0.05, 0.1) is 34.2 Å². The van der Waals surface area contributed by atoms with E-state index in [1.807, 2.05) is 12.1 Å². The van der Waals surface area contributed by atoms with E-state index in [9.17, 15) is 22.8 Å². The zero-order chi connectivity index (χ0) is 31.1. The smallest absolute Gasteiger partial charge is 0.324 e. The lowest BCUT2D eigenvalue weighted by Crippen LogP contribution is -2.20. The number of likely N-dealkylation sites (tertiary alicyclic amines) is 1. The van der Waals surface area contributed by atoms with Gasteiger partial charge in [0.25, 0.3) is 11.8 Å². The fraction of sp³-hybridized carbons (Fsp3) is 0.250. The molecule has 0 bridgehead atoms. The molecule has 3 N–H and O–H groups in total. The summed E-state index contributed by atoms with van der Waals surface area (Å²) in [4.78, 5) is 36.6. The number of carbonyl (C=O) groups excluding carboxylic acids is 2. The van der Waals surface area contributed by atoms with Gasteiger partial charge < -0.3 is 20.9 Å². The summed E-state index contributed by atoms with van der Waals surface area (Å²) in [6.45, 7) is 3.55. The van der Waals surface area contributed by atoms with Gasteiger partial charge in [-0.1, -0.05) is 29.8 Å². The Morgan fingerprint density at radius 3 is 2.23 bits per heavy atom. The number of nitrogens with one attached hydrogen (secondary N) is 3. The van der Waals surface area contributed by atoms with Crippen LogP contribution >= 0.6 is 11.6 Å². The maximum Gasteiger partial charge on any atom is 0.416 e. The lowest BCUT2D eigenvalue weighted by Gasteiger charge is -2.14. The molecule has 0 atom stereocenters. The molecule has 0 aliphatic carbocycles. The van der Waals surface area contributed by atoms with Gasteiger partial charge in [0, 0.05) is 16.9 Å². The van der Waals surface area contributed by atoms with Crippen LogP contribution < -0.4 is 16.0 Å². The zero-order valence-electron chi connectivity index (χ0n) is 23.6. The second-order valence-corrected chi connectivity index (χ2v) is 10.9. The van der Waals surface area contributed by atoms with Crippen molar-refractivity contribution < 1.29 is 22.8 Å². The van der Waals surface area contributed by atoms with Crippen LogP contribution in [0.25, 0.3) is 0 Å². The molecule has 0 unspecified atom stereocenters. The predicted octanol–water partition coefficient (Wildman–Crippen LogP) is 7.43. The van der Waals surface area contributed by atoms with Gasteiger partial charge in [0.15, 0.2) is 0 Å². The number of hydrogen-bond donors (Lipinski definition) is 3. The topological polar surface area (TPSA) is 99.2 Å². The lowest BCUT2D eigenvalue weighted by molar-refractivity contribution is -0.137. The summed E-state index contributed by atoms with van der Waals surface area (Å²) < 4.78 is 39.1. The van der Waals surface area contributed by atoms with Crippen LogP contribution in [0.3, 0.4) is 0 Å². The number of anilines is 4. The first-order valence-corrected chi connectivity index (χ1v) is 14.5. The van der Waals surface area contributed by atoms with Crippen molar-refractivity contribution in [2.24, 2.45) is 0 Å². The Morgan fingerprint density at radius 1 is 0.841 bits per heavy atom. The Kier molecular flexibility index (Phi) is 9.76. The van der Waals surface area contributed by atoms with Gasteiger partial charge in [0.1, 0.15) is 0 Å². The van der Waals surface area contributed by atoms with Gasteiger partial charge in [-0.2, -0.15) is 13.2 Å². The molecule has 1 aliphatic rings. The Bertz CT molecular complexity index is 1610. The minimum Gasteiger partial charge on any atom is -0.324 e. The van der Waals surface area contributed by atoms with Crippen LogP contribution in [-0.4, -0.2) is 46.3 Å². The van der Waals surface area contributed by atoms with E-state index in [4.69, 9.17) is 11.6 Å². The van der Waals surface area contributed by atoms with E-state index < -0.39 is 23.6 Å². The van der Waals surface area contributed by atoms with Crippen molar-refractivity contribution in [1.29, 1.82) is 0 Å². The van der Waals surface area contributed by atoms with Gasteiger partial charge in [-0.25, -0.2) is 9.97 Å². The van der Waals surface area contributed by atoms with E-state index in [2.05, 4.69) is 43.0 Å². The third-order valence-corrected chi connectivity index (χ3v) is 7.51. The van der Waals surface area contributed by atoms with Crippen molar-refractivity contribution in [1.82, 2.24) is 14.9 Å². The van der Waals surface area contributed by atoms with E-state index in [0.29, 0.717) is 11.6 Å². The molecule has 5 rings (SSSR count). The summed E-state index contributed by atoms with van der Waals surface area (Å²) in [5.41, 5.74) is 1.50. The number of hydrogen-bond acceptors (Lipinski definition) is 6. The third-order valence-electron chi connectivity index (χ3n) is 7.18. The van der Waals surface area contributed by atoms with E-state index in [0.717, 1.165) is 43.3 Å². The number of carbonyl (C=O) groups is 2. The number of alkyl halides is 3. The molecule has 2 amide bonds. The second-order valence-electron chi connectivity index (χ2n) is 10.5. The Balaban J connectivity index is 1.15. The standard InChI is InChI=1S/C32H30ClF3N6O2/c33-28-13-12-25(39-29(43)22-6-3-7-23(17-22)32(34,35)36)18-27(28)30(44)40-26-19-37-31(38-20-26)41-24-10-8-21(9-11-24)5-4-16-42-14-1-2-15-42/h3,6-13,17-20H,1-2,4-5,14-16H2,(H,39,43)(H,40,44)(H,37,38,41). The number of halogens is 4. The van der Waals surface area contributed by atoms with Crippen molar-refractivity contribution >= 4 is 46.4 Å². The van der Waals surface area contributed by atoms with Crippen molar-refractivity contribution in [2.75, 3.05) is 35.6 Å². The van der Waals surface area contributed by atoms with Crippen LogP contribution in [0.15, 0.2) is 79.1 Å². The molecular weight excluding hydrogens is 593 g/mol. The second kappa shape index (κ2) is 13.9. The third kappa shape index (κ3) is 8.33. The van der Waals surface area contributed by atoms with Gasteiger partial charge in [0.2, 0.25) is 5.95 Å². The molecule has 2 heterocycles. The molecular formula is C32H30ClF3N6O2. The molecule has 3 aromatic carbocycles. The average Bonchev–Trinajstić information content (AvgIpc) is 3.53. The highest BCUT2D eigenvalue weighted by Gasteiger charge is 2.31. The van der Waals surface area contributed by atoms with Crippen molar-refractivity contribution in [3.05, 3.63) is 106 Å². The van der Waals surface area contributed by atoms with Crippen LogP contribution in [-0.2, 0) is 12.6 Å². The zero-order valence-corrected chi connectivity index (χ0v) is 24.4. The van der Waals surface area contributed by atoms with Gasteiger partial charge in [-0.15, -0.1) is 0 Å². The highest BCUT2D eigenvalue weighted by molar-refractivity contribution is 6.34. The van der Waals surface area contributed by atoms with Crippen molar-refractivity contribution in [3.8, 4) is 0 Å². The number of benzene rings is 3. The summed E-state index contributed by atoms with van der Waals surface area (Å²) in [7, 11) is 0. The number of aromatic nitrogens is 2. The van der Waals surface area contributed by atoms with Crippen LogP contribution in [0.2, 0.25) is 5.02 Å². The van der Waals surface area contributed by atoms with E-state index >= 15 is 0 Å². The fourth-order valence-corrected chi connectivity index (χ4v) is 5.07. The van der Waals surface area contributed by atoms with Gasteiger partial charge in [-0.05, 0) is 99.4 Å². The van der Waals surface area contributed by atoms with Crippen LogP contribution in [0.4, 0.5) is 36.2 Å². The minimum atomic E-state index is -4.59. The minimum absolute atomic E-state index is 0.0382. The van der Waals surface area contributed by atoms with Crippen LogP contribution in [0.1, 0.15) is 51.1 Å². The molecule has 1 aromatic heterocycles. The van der Waals surface area contributed by atoms with Crippen molar-refractivity contribution in [3.63, 3.8) is 0 Å². The Morgan fingerprint density at radius 2 is 1.52 bits per heavy atom. The van der Waals surface area contributed by atoms with E-state index in [1.165, 1.54) is 68.2 Å². The first-order chi connectivity index (χ1) is 21.1. The molecule has 0 spiro atoms. The molecule has 0 saturated carbocycles. The Labute approximate surface area is 257 Å². The summed E-state index contributed by atoms with van der Waals surface area (Å²) in [5.74, 6) is -1.01. The number of rotatable bonds is 10. The number of amides is 2. The fourth-order valence-electron chi connectivity index (χ4n) is 4.87. The molecule has 44 heavy (non-hydrogen) atoms. The first kappa shape index (κ1) is 31.0. The molecule has 228 valence electrons.